The summed E-state index contributed by atoms with van der Waals surface area (Å²) in [6, 6.07) is 6.95. The summed E-state index contributed by atoms with van der Waals surface area (Å²) < 4.78 is 0. The number of anilines is 1. The molecule has 1 saturated carbocycles. The molecule has 1 aromatic carbocycles. The summed E-state index contributed by atoms with van der Waals surface area (Å²) in [5.41, 5.74) is 6.38. The zero-order valence-corrected chi connectivity index (χ0v) is 12.7. The van der Waals surface area contributed by atoms with E-state index in [-0.39, 0.29) is 5.91 Å². The molecule has 0 atom stereocenters. The van der Waals surface area contributed by atoms with Gasteiger partial charge in [-0.25, -0.2) is 0 Å². The summed E-state index contributed by atoms with van der Waals surface area (Å²) in [6.07, 6.45) is 6.05. The molecule has 0 unspecified atom stereocenters. The van der Waals surface area contributed by atoms with Gasteiger partial charge in [-0.3, -0.25) is 4.79 Å². The van der Waals surface area contributed by atoms with Crippen LogP contribution in [0.2, 0.25) is 5.02 Å². The van der Waals surface area contributed by atoms with Gasteiger partial charge < -0.3 is 11.1 Å². The Hall–Kier alpha value is -1.57. The Balaban J connectivity index is 2.17. The lowest BCUT2D eigenvalue weighted by Crippen LogP contribution is -2.42. The molecule has 0 heterocycles. The van der Waals surface area contributed by atoms with Gasteiger partial charge in [-0.1, -0.05) is 37.3 Å². The van der Waals surface area contributed by atoms with E-state index in [9.17, 15) is 4.79 Å². The van der Waals surface area contributed by atoms with Crippen molar-refractivity contribution in [2.24, 2.45) is 11.1 Å². The summed E-state index contributed by atoms with van der Waals surface area (Å²) in [5, 5.41) is 12.3. The number of nitrogens with zero attached hydrogens (tertiary/aromatic N) is 1. The number of nitrogens with two attached hydrogens (primary N) is 1. The highest BCUT2D eigenvalue weighted by Crippen LogP contribution is 2.35. The molecule has 0 saturated heterocycles. The minimum absolute atomic E-state index is 0.0434. The second-order valence-corrected chi connectivity index (χ2v) is 6.07. The fraction of sp³-hybridized carbons (Fsp3) is 0.500. The van der Waals surface area contributed by atoms with Gasteiger partial charge in [-0.05, 0) is 31.0 Å². The van der Waals surface area contributed by atoms with Crippen molar-refractivity contribution in [3.8, 4) is 6.07 Å². The van der Waals surface area contributed by atoms with Crippen LogP contribution < -0.4 is 11.1 Å². The van der Waals surface area contributed by atoms with Crippen LogP contribution in [0.25, 0.3) is 0 Å². The largest absolute Gasteiger partial charge is 0.329 e. The van der Waals surface area contributed by atoms with Gasteiger partial charge in [-0.15, -0.1) is 0 Å². The van der Waals surface area contributed by atoms with Crippen molar-refractivity contribution >= 4 is 23.2 Å². The molecule has 1 amide bonds. The van der Waals surface area contributed by atoms with Crippen molar-refractivity contribution < 1.29 is 4.79 Å². The first-order chi connectivity index (χ1) is 10.1. The Morgan fingerprint density at radius 2 is 2.00 bits per heavy atom. The molecule has 0 aromatic heterocycles. The Kier molecular flexibility index (Phi) is 5.22. The average Bonchev–Trinajstić information content (AvgIpc) is 2.75. The molecular weight excluding hydrogens is 286 g/mol. The van der Waals surface area contributed by atoms with E-state index in [1.165, 1.54) is 0 Å². The highest BCUT2D eigenvalue weighted by molar-refractivity contribution is 6.31. The van der Waals surface area contributed by atoms with Crippen molar-refractivity contribution in [2.45, 2.75) is 38.5 Å². The number of nitriles is 1. The van der Waals surface area contributed by atoms with Gasteiger partial charge in [0.05, 0.1) is 16.0 Å². The third kappa shape index (κ3) is 3.55. The number of benzene rings is 1. The molecule has 21 heavy (non-hydrogen) atoms. The summed E-state index contributed by atoms with van der Waals surface area (Å²) in [4.78, 5) is 12.7. The SMILES string of the molecule is N#Cc1cc(NC(=O)C2(CN)CCCCCC2)ccc1Cl. The number of rotatable bonds is 3. The van der Waals surface area contributed by atoms with Gasteiger partial charge >= 0.3 is 0 Å². The summed E-state index contributed by atoms with van der Waals surface area (Å²) >= 11 is 5.90. The fourth-order valence-corrected chi connectivity index (χ4v) is 3.04. The maximum Gasteiger partial charge on any atom is 0.231 e. The number of carbonyl (C=O) groups is 1. The zero-order chi connectivity index (χ0) is 15.3. The van der Waals surface area contributed by atoms with Gasteiger partial charge in [0.2, 0.25) is 5.91 Å². The van der Waals surface area contributed by atoms with Crippen LogP contribution in [0.5, 0.6) is 0 Å². The van der Waals surface area contributed by atoms with Crippen molar-refractivity contribution in [2.75, 3.05) is 11.9 Å². The van der Waals surface area contributed by atoms with Crippen LogP contribution in [-0.2, 0) is 4.79 Å². The van der Waals surface area contributed by atoms with Gasteiger partial charge in [0.25, 0.3) is 0 Å². The molecule has 1 fully saturated rings. The third-order valence-corrected chi connectivity index (χ3v) is 4.61. The predicted octanol–water partition coefficient (Wildman–Crippen LogP) is 3.45. The Labute approximate surface area is 130 Å². The van der Waals surface area contributed by atoms with Crippen LogP contribution in [0, 0.1) is 16.7 Å². The molecule has 0 spiro atoms. The second-order valence-electron chi connectivity index (χ2n) is 5.66. The van der Waals surface area contributed by atoms with E-state index >= 15 is 0 Å². The van der Waals surface area contributed by atoms with Crippen LogP contribution in [-0.4, -0.2) is 12.5 Å². The van der Waals surface area contributed by atoms with E-state index < -0.39 is 5.41 Å². The molecule has 1 aliphatic carbocycles. The number of hydrogen-bond acceptors (Lipinski definition) is 3. The molecule has 4 nitrogen and oxygen atoms in total. The van der Waals surface area contributed by atoms with E-state index in [4.69, 9.17) is 22.6 Å². The van der Waals surface area contributed by atoms with E-state index in [0.717, 1.165) is 38.5 Å². The lowest BCUT2D eigenvalue weighted by Gasteiger charge is -2.29. The summed E-state index contributed by atoms with van der Waals surface area (Å²) in [6.45, 7) is 0.359. The standard InChI is InChI=1S/C16H20ClN3O/c17-14-6-5-13(9-12(14)10-18)20-15(21)16(11-19)7-3-1-2-4-8-16/h5-6,9H,1-4,7-8,11,19H2,(H,20,21). The first kappa shape index (κ1) is 15.8. The molecule has 0 aliphatic heterocycles. The molecule has 5 heteroatoms. The smallest absolute Gasteiger partial charge is 0.231 e. The summed E-state index contributed by atoms with van der Waals surface area (Å²) in [7, 11) is 0. The van der Waals surface area contributed by atoms with Gasteiger partial charge in [0.15, 0.2) is 0 Å². The Bertz CT molecular complexity index is 557. The van der Waals surface area contributed by atoms with Crippen molar-refractivity contribution in [1.29, 1.82) is 5.26 Å². The lowest BCUT2D eigenvalue weighted by molar-refractivity contribution is -0.125. The van der Waals surface area contributed by atoms with Crippen LogP contribution >= 0.6 is 11.6 Å². The lowest BCUT2D eigenvalue weighted by atomic mass is 9.79. The average molecular weight is 306 g/mol. The minimum Gasteiger partial charge on any atom is -0.329 e. The van der Waals surface area contributed by atoms with Gasteiger partial charge in [0.1, 0.15) is 6.07 Å². The Morgan fingerprint density at radius 3 is 2.57 bits per heavy atom. The maximum atomic E-state index is 12.7. The highest BCUT2D eigenvalue weighted by Gasteiger charge is 2.37. The van der Waals surface area contributed by atoms with Gasteiger partial charge in [0, 0.05) is 12.2 Å². The van der Waals surface area contributed by atoms with Crippen molar-refractivity contribution in [1.82, 2.24) is 0 Å². The van der Waals surface area contributed by atoms with E-state index in [2.05, 4.69) is 5.32 Å². The molecule has 2 rings (SSSR count). The second kappa shape index (κ2) is 6.93. The van der Waals surface area contributed by atoms with E-state index in [1.54, 1.807) is 18.2 Å². The third-order valence-electron chi connectivity index (χ3n) is 4.28. The quantitative estimate of drug-likeness (QED) is 0.839. The monoisotopic (exact) mass is 305 g/mol. The topological polar surface area (TPSA) is 78.9 Å². The van der Waals surface area contributed by atoms with Crippen LogP contribution in [0.15, 0.2) is 18.2 Å². The summed E-state index contributed by atoms with van der Waals surface area (Å²) in [5.74, 6) is -0.0434. The molecule has 1 aromatic rings. The number of hydrogen-bond donors (Lipinski definition) is 2. The molecule has 1 aliphatic rings. The number of amides is 1. The zero-order valence-electron chi connectivity index (χ0n) is 12.0. The number of halogens is 1. The molecule has 112 valence electrons. The normalized spacial score (nSPS) is 17.6. The first-order valence-corrected chi connectivity index (χ1v) is 7.70. The number of carbonyl (C=O) groups excluding carboxylic acids is 1. The van der Waals surface area contributed by atoms with E-state index in [0.29, 0.717) is 22.8 Å². The van der Waals surface area contributed by atoms with E-state index in [1.807, 2.05) is 6.07 Å². The molecule has 0 bridgehead atoms. The highest BCUT2D eigenvalue weighted by atomic mass is 35.5. The van der Waals surface area contributed by atoms with Gasteiger partial charge in [-0.2, -0.15) is 5.26 Å². The first-order valence-electron chi connectivity index (χ1n) is 7.32. The van der Waals surface area contributed by atoms with Crippen LogP contribution in [0.4, 0.5) is 5.69 Å². The number of nitrogens with one attached hydrogen (secondary N) is 1. The van der Waals surface area contributed by atoms with Crippen LogP contribution in [0.1, 0.15) is 44.1 Å². The fourth-order valence-electron chi connectivity index (χ4n) is 2.88. The molecule has 0 radical (unpaired) electrons. The predicted molar refractivity (Wildman–Crippen MR) is 84.0 cm³/mol. The van der Waals surface area contributed by atoms with Crippen molar-refractivity contribution in [3.63, 3.8) is 0 Å². The van der Waals surface area contributed by atoms with Crippen LogP contribution in [0.3, 0.4) is 0 Å². The Morgan fingerprint density at radius 1 is 1.33 bits per heavy atom. The molecular formula is C16H20ClN3O. The van der Waals surface area contributed by atoms with Crippen molar-refractivity contribution in [3.05, 3.63) is 28.8 Å². The molecule has 3 N–H and O–H groups in total. The minimum atomic E-state index is -0.483. The maximum absolute atomic E-state index is 12.7.